The van der Waals surface area contributed by atoms with Gasteiger partial charge in [-0.1, -0.05) is 0 Å². The van der Waals surface area contributed by atoms with Crippen LogP contribution in [-0.2, 0) is 6.61 Å². The molecule has 0 aliphatic rings. The molecule has 12 heavy (non-hydrogen) atoms. The molecule has 0 spiro atoms. The number of halogens is 1. The highest BCUT2D eigenvalue weighted by molar-refractivity contribution is 9.10. The van der Waals surface area contributed by atoms with Crippen molar-refractivity contribution in [2.45, 2.75) is 6.61 Å². The number of aliphatic hydroxyl groups is 1. The van der Waals surface area contributed by atoms with E-state index in [4.69, 9.17) is 5.11 Å². The van der Waals surface area contributed by atoms with Gasteiger partial charge in [0.05, 0.1) is 17.1 Å². The maximum Gasteiger partial charge on any atom is 0.307 e. The molecule has 5 nitrogen and oxygen atoms in total. The SMILES string of the molecule is O=[N+]([O-])c1c(CO)ccnc1Br. The van der Waals surface area contributed by atoms with Gasteiger partial charge in [0.1, 0.15) is 0 Å². The first-order chi connectivity index (χ1) is 5.66. The zero-order valence-corrected chi connectivity index (χ0v) is 7.48. The second kappa shape index (κ2) is 3.59. The molecule has 0 atom stereocenters. The van der Waals surface area contributed by atoms with Gasteiger partial charge in [0.2, 0.25) is 0 Å². The summed E-state index contributed by atoms with van der Waals surface area (Å²) in [6.07, 6.45) is 1.39. The second-order valence-corrected chi connectivity index (χ2v) is 2.78. The van der Waals surface area contributed by atoms with E-state index >= 15 is 0 Å². The van der Waals surface area contributed by atoms with E-state index < -0.39 is 4.92 Å². The van der Waals surface area contributed by atoms with Crippen molar-refractivity contribution < 1.29 is 10.0 Å². The number of rotatable bonds is 2. The molecule has 1 N–H and O–H groups in total. The Morgan fingerprint density at radius 2 is 2.42 bits per heavy atom. The van der Waals surface area contributed by atoms with Crippen molar-refractivity contribution >= 4 is 21.6 Å². The zero-order chi connectivity index (χ0) is 9.14. The summed E-state index contributed by atoms with van der Waals surface area (Å²) in [6.45, 7) is -0.364. The van der Waals surface area contributed by atoms with Crippen LogP contribution in [0.25, 0.3) is 0 Å². The second-order valence-electron chi connectivity index (χ2n) is 2.02. The van der Waals surface area contributed by atoms with Gasteiger partial charge in [0, 0.05) is 6.20 Å². The normalized spacial score (nSPS) is 9.83. The van der Waals surface area contributed by atoms with Gasteiger partial charge in [0.15, 0.2) is 4.60 Å². The predicted molar refractivity (Wildman–Crippen MR) is 44.5 cm³/mol. The first-order valence-electron chi connectivity index (χ1n) is 3.05. The Kier molecular flexibility index (Phi) is 2.72. The maximum absolute atomic E-state index is 10.4. The number of hydrogen-bond acceptors (Lipinski definition) is 4. The summed E-state index contributed by atoms with van der Waals surface area (Å²) in [5.74, 6) is 0. The van der Waals surface area contributed by atoms with Crippen LogP contribution >= 0.6 is 15.9 Å². The molecule has 0 bridgehead atoms. The largest absolute Gasteiger partial charge is 0.391 e. The molecule has 1 aromatic heterocycles. The van der Waals surface area contributed by atoms with Crippen molar-refractivity contribution in [2.75, 3.05) is 0 Å². The lowest BCUT2D eigenvalue weighted by molar-refractivity contribution is -0.387. The highest BCUT2D eigenvalue weighted by Crippen LogP contribution is 2.25. The average Bonchev–Trinajstić information content (AvgIpc) is 2.03. The Morgan fingerprint density at radius 1 is 1.75 bits per heavy atom. The van der Waals surface area contributed by atoms with Gasteiger partial charge >= 0.3 is 5.69 Å². The van der Waals surface area contributed by atoms with E-state index in [0.29, 0.717) is 0 Å². The molecule has 0 saturated heterocycles. The maximum atomic E-state index is 10.4. The van der Waals surface area contributed by atoms with Crippen LogP contribution in [0.15, 0.2) is 16.9 Å². The van der Waals surface area contributed by atoms with Gasteiger partial charge in [0.25, 0.3) is 0 Å². The number of aromatic nitrogens is 1. The lowest BCUT2D eigenvalue weighted by Crippen LogP contribution is -1.97. The monoisotopic (exact) mass is 232 g/mol. The molecule has 0 saturated carbocycles. The summed E-state index contributed by atoms with van der Waals surface area (Å²) in [7, 11) is 0. The predicted octanol–water partition coefficient (Wildman–Crippen LogP) is 1.24. The Bertz CT molecular complexity index is 316. The fourth-order valence-electron chi connectivity index (χ4n) is 0.785. The number of hydrogen-bond donors (Lipinski definition) is 1. The molecule has 1 heterocycles. The minimum absolute atomic E-state index is 0.138. The fraction of sp³-hybridized carbons (Fsp3) is 0.167. The molecule has 0 fully saturated rings. The van der Waals surface area contributed by atoms with E-state index in [1.54, 1.807) is 0 Å². The highest BCUT2D eigenvalue weighted by Gasteiger charge is 2.17. The smallest absolute Gasteiger partial charge is 0.307 e. The van der Waals surface area contributed by atoms with Gasteiger partial charge in [-0.25, -0.2) is 4.98 Å². The number of nitrogens with zero attached hydrogens (tertiary/aromatic N) is 2. The number of pyridine rings is 1. The van der Waals surface area contributed by atoms with Crippen molar-refractivity contribution in [3.8, 4) is 0 Å². The van der Waals surface area contributed by atoms with Crippen LogP contribution in [0.4, 0.5) is 5.69 Å². The summed E-state index contributed by atoms with van der Waals surface area (Å²) in [5.41, 5.74) is 0.0712. The third-order valence-electron chi connectivity index (χ3n) is 1.32. The molecule has 0 aliphatic carbocycles. The van der Waals surface area contributed by atoms with Crippen molar-refractivity contribution in [3.63, 3.8) is 0 Å². The number of aliphatic hydroxyl groups excluding tert-OH is 1. The van der Waals surface area contributed by atoms with Crippen LogP contribution in [-0.4, -0.2) is 15.0 Å². The van der Waals surface area contributed by atoms with Crippen LogP contribution in [0.5, 0.6) is 0 Å². The Morgan fingerprint density at radius 3 is 2.83 bits per heavy atom. The average molecular weight is 233 g/mol. The van der Waals surface area contributed by atoms with E-state index in [0.717, 1.165) is 0 Å². The molecular formula is C6H5BrN2O3. The standard InChI is InChI=1S/C6H5BrN2O3/c7-6-5(9(11)12)4(3-10)1-2-8-6/h1-2,10H,3H2. The Hall–Kier alpha value is -1.01. The lowest BCUT2D eigenvalue weighted by Gasteiger charge is -1.98. The minimum atomic E-state index is -0.581. The summed E-state index contributed by atoms with van der Waals surface area (Å²) in [5, 5.41) is 19.2. The van der Waals surface area contributed by atoms with Gasteiger partial charge in [-0.3, -0.25) is 10.1 Å². The van der Waals surface area contributed by atoms with Crippen LogP contribution in [0.2, 0.25) is 0 Å². The minimum Gasteiger partial charge on any atom is -0.391 e. The summed E-state index contributed by atoms with van der Waals surface area (Å²) in [4.78, 5) is 13.5. The lowest BCUT2D eigenvalue weighted by atomic mass is 10.2. The topological polar surface area (TPSA) is 76.3 Å². The third kappa shape index (κ3) is 1.59. The van der Waals surface area contributed by atoms with E-state index in [1.165, 1.54) is 12.3 Å². The molecule has 6 heteroatoms. The first-order valence-corrected chi connectivity index (χ1v) is 3.84. The highest BCUT2D eigenvalue weighted by atomic mass is 79.9. The van der Waals surface area contributed by atoms with E-state index in [2.05, 4.69) is 20.9 Å². The molecule has 0 aliphatic heterocycles. The van der Waals surface area contributed by atoms with Gasteiger partial charge in [-0.15, -0.1) is 0 Å². The van der Waals surface area contributed by atoms with Gasteiger partial charge in [-0.2, -0.15) is 0 Å². The van der Waals surface area contributed by atoms with E-state index in [1.807, 2.05) is 0 Å². The van der Waals surface area contributed by atoms with Crippen LogP contribution in [0.1, 0.15) is 5.56 Å². The van der Waals surface area contributed by atoms with Crippen molar-refractivity contribution in [1.82, 2.24) is 4.98 Å². The quantitative estimate of drug-likeness (QED) is 0.473. The molecule has 1 aromatic rings. The number of nitro groups is 1. The molecular weight excluding hydrogens is 228 g/mol. The molecule has 1 rings (SSSR count). The van der Waals surface area contributed by atoms with Crippen molar-refractivity contribution in [2.24, 2.45) is 0 Å². The van der Waals surface area contributed by atoms with Crippen LogP contribution in [0.3, 0.4) is 0 Å². The molecule has 0 amide bonds. The van der Waals surface area contributed by atoms with Crippen LogP contribution < -0.4 is 0 Å². The molecule has 0 aromatic carbocycles. The van der Waals surface area contributed by atoms with Gasteiger partial charge in [-0.05, 0) is 22.0 Å². The Balaban J connectivity index is 3.29. The third-order valence-corrected chi connectivity index (χ3v) is 1.90. The summed E-state index contributed by atoms with van der Waals surface area (Å²) in [6, 6.07) is 1.41. The molecule has 0 radical (unpaired) electrons. The zero-order valence-electron chi connectivity index (χ0n) is 5.90. The summed E-state index contributed by atoms with van der Waals surface area (Å²) < 4.78 is 0.138. The van der Waals surface area contributed by atoms with Crippen LogP contribution in [0, 0.1) is 10.1 Å². The molecule has 64 valence electrons. The first kappa shape index (κ1) is 9.08. The molecule has 0 unspecified atom stereocenters. The van der Waals surface area contributed by atoms with Crippen molar-refractivity contribution in [1.29, 1.82) is 0 Å². The summed E-state index contributed by atoms with van der Waals surface area (Å²) >= 11 is 2.92. The fourth-order valence-corrected chi connectivity index (χ4v) is 1.30. The van der Waals surface area contributed by atoms with Gasteiger partial charge < -0.3 is 5.11 Å². The Labute approximate surface area is 76.3 Å². The van der Waals surface area contributed by atoms with E-state index in [-0.39, 0.29) is 22.5 Å². The van der Waals surface area contributed by atoms with Crippen molar-refractivity contribution in [3.05, 3.63) is 32.5 Å². The van der Waals surface area contributed by atoms with E-state index in [9.17, 15) is 10.1 Å².